The molecule has 2 aliphatic rings. The second-order valence-electron chi connectivity index (χ2n) is 5.85. The minimum absolute atomic E-state index is 0.0530. The largest absolute Gasteiger partial charge is 0.393 e. The molecule has 2 N–H and O–H groups in total. The Morgan fingerprint density at radius 2 is 2.33 bits per heavy atom. The molecule has 3 atom stereocenters. The molecular weight excluding hydrogens is 228 g/mol. The van der Waals surface area contributed by atoms with Crippen LogP contribution in [0.1, 0.15) is 46.0 Å². The van der Waals surface area contributed by atoms with Gasteiger partial charge in [0.25, 0.3) is 0 Å². The molecule has 0 unspecified atom stereocenters. The van der Waals surface area contributed by atoms with Crippen LogP contribution in [0.4, 0.5) is 0 Å². The summed E-state index contributed by atoms with van der Waals surface area (Å²) in [5, 5.41) is 19.5. The highest BCUT2D eigenvalue weighted by Crippen LogP contribution is 2.47. The number of hydrogen-bond acceptors (Lipinski definition) is 3. The van der Waals surface area contributed by atoms with Gasteiger partial charge >= 0.3 is 0 Å². The average molecular weight is 250 g/mol. The summed E-state index contributed by atoms with van der Waals surface area (Å²) in [6.45, 7) is 3.76. The number of rotatable bonds is 2. The molecule has 0 bridgehead atoms. The van der Waals surface area contributed by atoms with Gasteiger partial charge in [0.1, 0.15) is 0 Å². The Hall–Kier alpha value is -0.930. The number of ketones is 1. The number of carbonyl (C=O) groups excluding carboxylic acids is 1. The van der Waals surface area contributed by atoms with Crippen molar-refractivity contribution in [3.63, 3.8) is 0 Å². The van der Waals surface area contributed by atoms with Gasteiger partial charge in [0, 0.05) is 5.41 Å². The van der Waals surface area contributed by atoms with Crippen molar-refractivity contribution in [3.8, 4) is 0 Å². The fourth-order valence-corrected chi connectivity index (χ4v) is 2.99. The van der Waals surface area contributed by atoms with Crippen LogP contribution in [0.2, 0.25) is 0 Å². The van der Waals surface area contributed by atoms with Crippen molar-refractivity contribution in [3.05, 3.63) is 23.3 Å². The lowest BCUT2D eigenvalue weighted by atomic mass is 9.63. The quantitative estimate of drug-likeness (QED) is 0.738. The zero-order chi connectivity index (χ0) is 13.3. The van der Waals surface area contributed by atoms with E-state index < -0.39 is 6.10 Å². The molecule has 1 saturated carbocycles. The van der Waals surface area contributed by atoms with E-state index in [4.69, 9.17) is 0 Å². The SMILES string of the molecule is C[C@@H](O)CC=C1C[C@@]2(C)C(=CC1=O)CCC[C@@H]2O. The summed E-state index contributed by atoms with van der Waals surface area (Å²) >= 11 is 0. The lowest BCUT2D eigenvalue weighted by molar-refractivity contribution is -0.112. The monoisotopic (exact) mass is 250 g/mol. The zero-order valence-electron chi connectivity index (χ0n) is 11.1. The first-order valence-corrected chi connectivity index (χ1v) is 6.74. The van der Waals surface area contributed by atoms with Crippen LogP contribution in [0.3, 0.4) is 0 Å². The van der Waals surface area contributed by atoms with Crippen LogP contribution >= 0.6 is 0 Å². The number of aliphatic hydroxyl groups excluding tert-OH is 2. The lowest BCUT2D eigenvalue weighted by Gasteiger charge is -2.43. The first kappa shape index (κ1) is 13.5. The predicted octanol–water partition coefficient (Wildman–Crippen LogP) is 2.13. The van der Waals surface area contributed by atoms with Gasteiger partial charge in [0.05, 0.1) is 12.2 Å². The van der Waals surface area contributed by atoms with Gasteiger partial charge < -0.3 is 10.2 Å². The lowest BCUT2D eigenvalue weighted by Crippen LogP contribution is -2.41. The molecule has 0 saturated heterocycles. The van der Waals surface area contributed by atoms with E-state index in [1.807, 2.05) is 13.0 Å². The summed E-state index contributed by atoms with van der Waals surface area (Å²) in [5.41, 5.74) is 1.56. The highest BCUT2D eigenvalue weighted by atomic mass is 16.3. The van der Waals surface area contributed by atoms with Crippen molar-refractivity contribution >= 4 is 5.78 Å². The summed E-state index contributed by atoms with van der Waals surface area (Å²) in [7, 11) is 0. The molecule has 1 fully saturated rings. The summed E-state index contributed by atoms with van der Waals surface area (Å²) < 4.78 is 0. The maximum atomic E-state index is 12.0. The molecule has 0 aromatic carbocycles. The van der Waals surface area contributed by atoms with E-state index in [9.17, 15) is 15.0 Å². The molecule has 0 aromatic rings. The Balaban J connectivity index is 2.27. The van der Waals surface area contributed by atoms with E-state index in [1.165, 1.54) is 0 Å². The third-order valence-electron chi connectivity index (χ3n) is 4.28. The summed E-state index contributed by atoms with van der Waals surface area (Å²) in [4.78, 5) is 12.0. The standard InChI is InChI=1S/C15H22O3/c1-10(16)6-7-11-9-15(2)12(8-13(11)17)4-3-5-14(15)18/h7-8,10,14,16,18H,3-6,9H2,1-2H3/t10-,14+,15+/m1/s1. The van der Waals surface area contributed by atoms with Crippen molar-refractivity contribution in [2.24, 2.45) is 5.41 Å². The highest BCUT2D eigenvalue weighted by Gasteiger charge is 2.43. The van der Waals surface area contributed by atoms with E-state index in [-0.39, 0.29) is 17.3 Å². The minimum atomic E-state index is -0.431. The molecule has 0 spiro atoms. The van der Waals surface area contributed by atoms with Crippen molar-refractivity contribution in [2.75, 3.05) is 0 Å². The van der Waals surface area contributed by atoms with Gasteiger partial charge in [-0.3, -0.25) is 4.79 Å². The normalized spacial score (nSPS) is 36.2. The first-order valence-electron chi connectivity index (χ1n) is 6.74. The maximum Gasteiger partial charge on any atom is 0.181 e. The fraction of sp³-hybridized carbons (Fsp3) is 0.667. The molecule has 0 aliphatic heterocycles. The van der Waals surface area contributed by atoms with Crippen molar-refractivity contribution in [1.29, 1.82) is 0 Å². The summed E-state index contributed by atoms with van der Waals surface area (Å²) in [5.74, 6) is 0.0530. The van der Waals surface area contributed by atoms with Crippen molar-refractivity contribution < 1.29 is 15.0 Å². The van der Waals surface area contributed by atoms with Crippen molar-refractivity contribution in [1.82, 2.24) is 0 Å². The highest BCUT2D eigenvalue weighted by molar-refractivity contribution is 6.05. The van der Waals surface area contributed by atoms with Crippen molar-refractivity contribution in [2.45, 2.75) is 58.2 Å². The number of fused-ring (bicyclic) bond motifs is 1. The Morgan fingerprint density at radius 3 is 3.00 bits per heavy atom. The second-order valence-corrected chi connectivity index (χ2v) is 5.85. The number of aliphatic hydroxyl groups is 2. The Morgan fingerprint density at radius 1 is 1.61 bits per heavy atom. The van der Waals surface area contributed by atoms with Gasteiger partial charge in [0.15, 0.2) is 5.78 Å². The molecular formula is C15H22O3. The van der Waals surface area contributed by atoms with Crippen LogP contribution in [-0.4, -0.2) is 28.2 Å². The molecule has 3 heteroatoms. The van der Waals surface area contributed by atoms with Gasteiger partial charge in [-0.25, -0.2) is 0 Å². The molecule has 0 heterocycles. The number of carbonyl (C=O) groups is 1. The minimum Gasteiger partial charge on any atom is -0.393 e. The van der Waals surface area contributed by atoms with E-state index in [2.05, 4.69) is 0 Å². The van der Waals surface area contributed by atoms with E-state index in [1.54, 1.807) is 13.0 Å². The van der Waals surface area contributed by atoms with Crippen LogP contribution < -0.4 is 0 Å². The summed E-state index contributed by atoms with van der Waals surface area (Å²) in [6, 6.07) is 0. The first-order chi connectivity index (χ1) is 8.43. The molecule has 0 radical (unpaired) electrons. The van der Waals surface area contributed by atoms with E-state index in [0.717, 1.165) is 30.4 Å². The van der Waals surface area contributed by atoms with Crippen LogP contribution in [0, 0.1) is 5.41 Å². The van der Waals surface area contributed by atoms with Crippen LogP contribution in [0.25, 0.3) is 0 Å². The molecule has 3 nitrogen and oxygen atoms in total. The number of allylic oxidation sites excluding steroid dienone is 2. The third-order valence-corrected chi connectivity index (χ3v) is 4.28. The molecule has 18 heavy (non-hydrogen) atoms. The molecule has 2 rings (SSSR count). The second kappa shape index (κ2) is 4.98. The molecule has 100 valence electrons. The Labute approximate surface area is 108 Å². The third kappa shape index (κ3) is 2.43. The predicted molar refractivity (Wildman–Crippen MR) is 70.1 cm³/mol. The maximum absolute atomic E-state index is 12.0. The summed E-state index contributed by atoms with van der Waals surface area (Å²) in [6.07, 6.45) is 6.53. The van der Waals surface area contributed by atoms with E-state index >= 15 is 0 Å². The van der Waals surface area contributed by atoms with E-state index in [0.29, 0.717) is 12.8 Å². The molecule has 0 amide bonds. The zero-order valence-corrected chi connectivity index (χ0v) is 11.1. The van der Waals surface area contributed by atoms with Gasteiger partial charge in [-0.15, -0.1) is 0 Å². The van der Waals surface area contributed by atoms with Gasteiger partial charge in [-0.2, -0.15) is 0 Å². The topological polar surface area (TPSA) is 57.5 Å². The van der Waals surface area contributed by atoms with Gasteiger partial charge in [-0.05, 0) is 50.7 Å². The number of hydrogen-bond donors (Lipinski definition) is 2. The Kier molecular flexibility index (Phi) is 3.74. The van der Waals surface area contributed by atoms with Gasteiger partial charge in [0.2, 0.25) is 0 Å². The Bertz CT molecular complexity index is 406. The average Bonchev–Trinajstić information content (AvgIpc) is 2.30. The smallest absolute Gasteiger partial charge is 0.181 e. The molecule has 2 aliphatic carbocycles. The van der Waals surface area contributed by atoms with Crippen LogP contribution in [-0.2, 0) is 4.79 Å². The van der Waals surface area contributed by atoms with Crippen LogP contribution in [0.15, 0.2) is 23.3 Å². The van der Waals surface area contributed by atoms with Crippen LogP contribution in [0.5, 0.6) is 0 Å². The molecule has 0 aromatic heterocycles. The fourth-order valence-electron chi connectivity index (χ4n) is 2.99. The van der Waals surface area contributed by atoms with Gasteiger partial charge in [-0.1, -0.05) is 18.6 Å².